The lowest BCUT2D eigenvalue weighted by Crippen LogP contribution is -2.33. The second kappa shape index (κ2) is 9.05. The third-order valence-corrected chi connectivity index (χ3v) is 3.82. The number of benzene rings is 2. The molecule has 0 atom stereocenters. The van der Waals surface area contributed by atoms with Crippen molar-refractivity contribution in [2.24, 2.45) is 0 Å². The first-order valence-corrected chi connectivity index (χ1v) is 8.08. The first-order chi connectivity index (χ1) is 12.4. The molecule has 0 saturated carbocycles. The van der Waals surface area contributed by atoms with Crippen LogP contribution in [0.2, 0.25) is 0 Å². The largest absolute Gasteiger partial charge is 0.465 e. The van der Waals surface area contributed by atoms with Gasteiger partial charge in [-0.3, -0.25) is 9.69 Å². The monoisotopic (exact) mass is 362 g/mol. The van der Waals surface area contributed by atoms with Gasteiger partial charge in [0.25, 0.3) is 0 Å². The summed E-state index contributed by atoms with van der Waals surface area (Å²) in [5, 5.41) is 2.27. The number of carbonyl (C=O) groups excluding carboxylic acids is 2. The fourth-order valence-corrected chi connectivity index (χ4v) is 2.40. The molecule has 2 aromatic carbocycles. The highest BCUT2D eigenvalue weighted by Gasteiger charge is 2.15. The molecule has 2 rings (SSSR count). The Hall–Kier alpha value is -2.80. The molecule has 138 valence electrons. The fourth-order valence-electron chi connectivity index (χ4n) is 2.40. The van der Waals surface area contributed by atoms with E-state index in [1.165, 1.54) is 13.2 Å². The molecule has 0 radical (unpaired) electrons. The topological polar surface area (TPSA) is 58.6 Å². The summed E-state index contributed by atoms with van der Waals surface area (Å²) in [6.07, 6.45) is 0. The van der Waals surface area contributed by atoms with Crippen LogP contribution >= 0.6 is 0 Å². The van der Waals surface area contributed by atoms with Crippen molar-refractivity contribution in [3.63, 3.8) is 0 Å². The zero-order valence-corrected chi connectivity index (χ0v) is 14.6. The van der Waals surface area contributed by atoms with Gasteiger partial charge < -0.3 is 10.1 Å². The van der Waals surface area contributed by atoms with Crippen LogP contribution in [0.15, 0.2) is 42.5 Å². The number of carbonyl (C=O) groups is 2. The number of amides is 1. The summed E-state index contributed by atoms with van der Waals surface area (Å²) in [4.78, 5) is 25.3. The fraction of sp³-hybridized carbons (Fsp3) is 0.263. The predicted molar refractivity (Wildman–Crippen MR) is 93.7 cm³/mol. The molecule has 1 N–H and O–H groups in total. The normalized spacial score (nSPS) is 10.7. The Morgan fingerprint density at radius 1 is 1.08 bits per heavy atom. The van der Waals surface area contributed by atoms with Crippen molar-refractivity contribution < 1.29 is 23.1 Å². The van der Waals surface area contributed by atoms with Crippen LogP contribution in [-0.2, 0) is 16.1 Å². The van der Waals surface area contributed by atoms with Gasteiger partial charge in [0.2, 0.25) is 5.91 Å². The first kappa shape index (κ1) is 19.5. The quantitative estimate of drug-likeness (QED) is 0.769. The highest BCUT2D eigenvalue weighted by molar-refractivity contribution is 5.92. The molecule has 0 aromatic heterocycles. The van der Waals surface area contributed by atoms with Crippen LogP contribution in [0.3, 0.4) is 0 Å². The van der Waals surface area contributed by atoms with Gasteiger partial charge in [0.05, 0.1) is 19.2 Å². The van der Waals surface area contributed by atoms with Crippen molar-refractivity contribution in [1.82, 2.24) is 4.90 Å². The van der Waals surface area contributed by atoms with Crippen LogP contribution in [-0.4, -0.2) is 37.0 Å². The molecule has 7 heteroatoms. The van der Waals surface area contributed by atoms with Crippen molar-refractivity contribution >= 4 is 17.6 Å². The first-order valence-electron chi connectivity index (χ1n) is 8.08. The van der Waals surface area contributed by atoms with E-state index in [9.17, 15) is 18.4 Å². The lowest BCUT2D eigenvalue weighted by Gasteiger charge is -2.20. The SMILES string of the molecule is CCN(CC(=O)Nc1c(F)cccc1F)Cc1ccc(C(=O)OC)cc1. The number of ether oxygens (including phenoxy) is 1. The van der Waals surface area contributed by atoms with E-state index in [-0.39, 0.29) is 6.54 Å². The molecular weight excluding hydrogens is 342 g/mol. The number of likely N-dealkylation sites (N-methyl/N-ethyl adjacent to an activating group) is 1. The Kier molecular flexibility index (Phi) is 6.80. The maximum atomic E-state index is 13.6. The lowest BCUT2D eigenvalue weighted by atomic mass is 10.1. The van der Waals surface area contributed by atoms with Crippen LogP contribution in [0, 0.1) is 11.6 Å². The molecule has 0 heterocycles. The number of hydrogen-bond acceptors (Lipinski definition) is 4. The second-order valence-corrected chi connectivity index (χ2v) is 5.64. The van der Waals surface area contributed by atoms with Gasteiger partial charge in [-0.05, 0) is 36.4 Å². The van der Waals surface area contributed by atoms with Crippen LogP contribution in [0.4, 0.5) is 14.5 Å². The Labute approximate surface area is 150 Å². The Morgan fingerprint density at radius 2 is 1.69 bits per heavy atom. The number of methoxy groups -OCH3 is 1. The van der Waals surface area contributed by atoms with Gasteiger partial charge >= 0.3 is 5.97 Å². The minimum atomic E-state index is -0.820. The smallest absolute Gasteiger partial charge is 0.337 e. The van der Waals surface area contributed by atoms with E-state index in [0.29, 0.717) is 18.7 Å². The third-order valence-electron chi connectivity index (χ3n) is 3.82. The molecule has 0 aliphatic carbocycles. The van der Waals surface area contributed by atoms with Crippen LogP contribution < -0.4 is 5.32 Å². The average molecular weight is 362 g/mol. The van der Waals surface area contributed by atoms with Gasteiger partial charge in [-0.15, -0.1) is 0 Å². The standard InChI is InChI=1S/C19H20F2N2O3/c1-3-23(11-13-7-9-14(10-8-13)19(25)26-2)12-17(24)22-18-15(20)5-4-6-16(18)21/h4-10H,3,11-12H2,1-2H3,(H,22,24). The summed E-state index contributed by atoms with van der Waals surface area (Å²) in [6.45, 7) is 2.86. The van der Waals surface area contributed by atoms with Gasteiger partial charge in [-0.2, -0.15) is 0 Å². The molecule has 5 nitrogen and oxygen atoms in total. The highest BCUT2D eigenvalue weighted by Crippen LogP contribution is 2.18. The summed E-state index contributed by atoms with van der Waals surface area (Å²) < 4.78 is 31.8. The lowest BCUT2D eigenvalue weighted by molar-refractivity contribution is -0.117. The van der Waals surface area contributed by atoms with E-state index in [1.807, 2.05) is 6.92 Å². The molecule has 0 saturated heterocycles. The highest BCUT2D eigenvalue weighted by atomic mass is 19.1. The maximum absolute atomic E-state index is 13.6. The molecule has 1 amide bonds. The predicted octanol–water partition coefficient (Wildman–Crippen LogP) is 3.21. The van der Waals surface area contributed by atoms with E-state index in [0.717, 1.165) is 17.7 Å². The van der Waals surface area contributed by atoms with Gasteiger partial charge in [0, 0.05) is 6.54 Å². The van der Waals surface area contributed by atoms with Gasteiger partial charge in [-0.25, -0.2) is 13.6 Å². The zero-order valence-electron chi connectivity index (χ0n) is 14.6. The Morgan fingerprint density at radius 3 is 2.23 bits per heavy atom. The zero-order chi connectivity index (χ0) is 19.1. The molecule has 0 bridgehead atoms. The number of hydrogen-bond donors (Lipinski definition) is 1. The molecular formula is C19H20F2N2O3. The third kappa shape index (κ3) is 5.10. The number of nitrogens with one attached hydrogen (secondary N) is 1. The number of esters is 1. The van der Waals surface area contributed by atoms with Gasteiger partial charge in [0.1, 0.15) is 17.3 Å². The van der Waals surface area contributed by atoms with Crippen LogP contribution in [0.1, 0.15) is 22.8 Å². The summed E-state index contributed by atoms with van der Waals surface area (Å²) in [6, 6.07) is 10.2. The number of anilines is 1. The van der Waals surface area contributed by atoms with E-state index in [2.05, 4.69) is 10.1 Å². The van der Waals surface area contributed by atoms with Crippen LogP contribution in [0.25, 0.3) is 0 Å². The summed E-state index contributed by atoms with van der Waals surface area (Å²) in [7, 11) is 1.31. The van der Waals surface area contributed by atoms with Crippen LogP contribution in [0.5, 0.6) is 0 Å². The molecule has 0 aliphatic rings. The Balaban J connectivity index is 1.98. The van der Waals surface area contributed by atoms with E-state index in [1.54, 1.807) is 29.2 Å². The molecule has 0 spiro atoms. The number of para-hydroxylation sites is 1. The second-order valence-electron chi connectivity index (χ2n) is 5.64. The molecule has 0 unspecified atom stereocenters. The van der Waals surface area contributed by atoms with E-state index >= 15 is 0 Å². The van der Waals surface area contributed by atoms with E-state index in [4.69, 9.17) is 0 Å². The summed E-state index contributed by atoms with van der Waals surface area (Å²) in [5.41, 5.74) is 0.882. The molecule has 0 fully saturated rings. The van der Waals surface area contributed by atoms with Crippen molar-refractivity contribution in [1.29, 1.82) is 0 Å². The number of nitrogens with zero attached hydrogens (tertiary/aromatic N) is 1. The Bertz CT molecular complexity index is 759. The minimum Gasteiger partial charge on any atom is -0.465 e. The van der Waals surface area contributed by atoms with Crippen molar-refractivity contribution in [3.8, 4) is 0 Å². The molecule has 2 aromatic rings. The molecule has 26 heavy (non-hydrogen) atoms. The van der Waals surface area contributed by atoms with Gasteiger partial charge in [0.15, 0.2) is 0 Å². The van der Waals surface area contributed by atoms with Crippen molar-refractivity contribution in [2.45, 2.75) is 13.5 Å². The van der Waals surface area contributed by atoms with Gasteiger partial charge in [-0.1, -0.05) is 25.1 Å². The minimum absolute atomic E-state index is 0.0248. The number of rotatable bonds is 7. The summed E-state index contributed by atoms with van der Waals surface area (Å²) >= 11 is 0. The van der Waals surface area contributed by atoms with Crippen molar-refractivity contribution in [2.75, 3.05) is 25.5 Å². The van der Waals surface area contributed by atoms with Crippen molar-refractivity contribution in [3.05, 3.63) is 65.2 Å². The number of halogens is 2. The van der Waals surface area contributed by atoms with E-state index < -0.39 is 29.2 Å². The maximum Gasteiger partial charge on any atom is 0.337 e. The molecule has 0 aliphatic heterocycles. The average Bonchev–Trinajstić information content (AvgIpc) is 2.64. The summed E-state index contributed by atoms with van der Waals surface area (Å²) in [5.74, 6) is -2.57.